The molecule has 1 amide bonds. The van der Waals surface area contributed by atoms with Crippen LogP contribution in [0.2, 0.25) is 0 Å². The fourth-order valence-corrected chi connectivity index (χ4v) is 4.12. The summed E-state index contributed by atoms with van der Waals surface area (Å²) >= 11 is 0. The number of ether oxygens (including phenoxy) is 2. The van der Waals surface area contributed by atoms with Crippen LogP contribution in [0.1, 0.15) is 54.4 Å². The molecular formula is C21H37N2O6+. The molecule has 0 radical (unpaired) electrons. The van der Waals surface area contributed by atoms with E-state index in [4.69, 9.17) is 9.47 Å². The van der Waals surface area contributed by atoms with Gasteiger partial charge >= 0.3 is 18.0 Å². The lowest BCUT2D eigenvalue weighted by atomic mass is 9.91. The average molecular weight is 414 g/mol. The maximum absolute atomic E-state index is 12.5. The van der Waals surface area contributed by atoms with Crippen molar-refractivity contribution in [1.82, 2.24) is 4.90 Å². The van der Waals surface area contributed by atoms with Gasteiger partial charge in [-0.1, -0.05) is 0 Å². The molecule has 2 aliphatic heterocycles. The molecule has 0 saturated carbocycles. The molecule has 8 nitrogen and oxygen atoms in total. The number of nitrogens with zero attached hydrogens (tertiary/aromatic N) is 2. The average Bonchev–Trinajstić information content (AvgIpc) is 2.47. The number of carboxylic acid groups (broad SMARTS) is 1. The van der Waals surface area contributed by atoms with Crippen LogP contribution in [0.4, 0.5) is 4.79 Å². The van der Waals surface area contributed by atoms with Crippen LogP contribution in [0, 0.1) is 11.8 Å². The van der Waals surface area contributed by atoms with Crippen LogP contribution in [0.15, 0.2) is 0 Å². The third-order valence-electron chi connectivity index (χ3n) is 5.39. The number of likely N-dealkylation sites (tertiary alicyclic amines) is 2. The number of carbonyl (C=O) groups is 3. The van der Waals surface area contributed by atoms with Crippen LogP contribution in [-0.2, 0) is 19.1 Å². The Hall–Kier alpha value is -1.83. The summed E-state index contributed by atoms with van der Waals surface area (Å²) in [5, 5.41) is 9.31. The van der Waals surface area contributed by atoms with E-state index >= 15 is 0 Å². The first-order valence-electron chi connectivity index (χ1n) is 10.5. The smallest absolute Gasteiger partial charge is 0.410 e. The van der Waals surface area contributed by atoms with E-state index in [2.05, 4.69) is 0 Å². The fourth-order valence-electron chi connectivity index (χ4n) is 4.12. The second-order valence-corrected chi connectivity index (χ2v) is 10.6. The molecule has 2 aliphatic rings. The minimum absolute atomic E-state index is 0.243. The summed E-state index contributed by atoms with van der Waals surface area (Å²) in [4.78, 5) is 37.7. The van der Waals surface area contributed by atoms with E-state index in [0.717, 1.165) is 6.54 Å². The van der Waals surface area contributed by atoms with Crippen molar-refractivity contribution < 1.29 is 33.4 Å². The molecule has 0 unspecified atom stereocenters. The Kier molecular flexibility index (Phi) is 6.87. The predicted molar refractivity (Wildman–Crippen MR) is 107 cm³/mol. The van der Waals surface area contributed by atoms with Gasteiger partial charge in [-0.3, -0.25) is 4.79 Å². The number of esters is 1. The third-order valence-corrected chi connectivity index (χ3v) is 5.39. The highest BCUT2D eigenvalue weighted by Crippen LogP contribution is 2.29. The zero-order chi connectivity index (χ0) is 22.0. The van der Waals surface area contributed by atoms with Crippen molar-refractivity contribution >= 4 is 18.0 Å². The van der Waals surface area contributed by atoms with Crippen LogP contribution in [0.5, 0.6) is 0 Å². The van der Waals surface area contributed by atoms with E-state index in [1.54, 1.807) is 4.90 Å². The molecule has 2 heterocycles. The Morgan fingerprint density at radius 3 is 1.93 bits per heavy atom. The van der Waals surface area contributed by atoms with Crippen LogP contribution >= 0.6 is 0 Å². The maximum atomic E-state index is 12.5. The monoisotopic (exact) mass is 413 g/mol. The lowest BCUT2D eigenvalue weighted by molar-refractivity contribution is -0.930. The summed E-state index contributed by atoms with van der Waals surface area (Å²) in [6.45, 7) is 14.5. The Bertz CT molecular complexity index is 620. The number of aliphatic carboxylic acids is 1. The molecule has 166 valence electrons. The van der Waals surface area contributed by atoms with E-state index in [1.807, 2.05) is 41.5 Å². The van der Waals surface area contributed by atoms with Gasteiger partial charge in [0.05, 0.1) is 25.6 Å². The van der Waals surface area contributed by atoms with Gasteiger partial charge in [0, 0.05) is 31.8 Å². The number of amides is 1. The molecule has 2 fully saturated rings. The molecule has 0 aromatic carbocycles. The molecular weight excluding hydrogens is 376 g/mol. The molecule has 0 aromatic heterocycles. The number of hydrogen-bond donors (Lipinski definition) is 1. The van der Waals surface area contributed by atoms with Crippen molar-refractivity contribution in [3.05, 3.63) is 0 Å². The zero-order valence-corrected chi connectivity index (χ0v) is 18.7. The van der Waals surface area contributed by atoms with Gasteiger partial charge < -0.3 is 24.0 Å². The quantitative estimate of drug-likeness (QED) is 0.550. The maximum Gasteiger partial charge on any atom is 0.410 e. The topological polar surface area (TPSA) is 93.1 Å². The summed E-state index contributed by atoms with van der Waals surface area (Å²) in [6, 6.07) is 0. The van der Waals surface area contributed by atoms with Crippen molar-refractivity contribution in [2.24, 2.45) is 11.8 Å². The fraction of sp³-hybridized carbons (Fsp3) is 0.857. The molecule has 0 atom stereocenters. The number of hydrogen-bond acceptors (Lipinski definition) is 5. The number of carbonyl (C=O) groups excluding carboxylic acids is 2. The van der Waals surface area contributed by atoms with Gasteiger partial charge in [-0.25, -0.2) is 9.59 Å². The van der Waals surface area contributed by atoms with E-state index in [0.29, 0.717) is 43.5 Å². The SMILES string of the molecule is CC(C)(C)OC(=O)C[N+]1(CC2CN(C(=O)OC(C)(C)C)C2)CCC(C(=O)O)CC1. The van der Waals surface area contributed by atoms with E-state index in [9.17, 15) is 19.5 Å². The van der Waals surface area contributed by atoms with Gasteiger partial charge in [0.25, 0.3) is 0 Å². The van der Waals surface area contributed by atoms with Gasteiger partial charge in [-0.05, 0) is 41.5 Å². The van der Waals surface area contributed by atoms with Crippen molar-refractivity contribution in [1.29, 1.82) is 0 Å². The second kappa shape index (κ2) is 8.50. The predicted octanol–water partition coefficient (Wildman–Crippen LogP) is 2.51. The minimum Gasteiger partial charge on any atom is -0.481 e. The number of piperidine rings is 1. The standard InChI is InChI=1S/C21H36N2O6/c1-20(2,3)28-17(24)14-23(9-7-16(8-10-23)18(25)26)13-15-11-22(12-15)19(27)29-21(4,5)6/h15-16H,7-14H2,1-6H3/p+1. The van der Waals surface area contributed by atoms with Crippen molar-refractivity contribution in [2.45, 2.75) is 65.6 Å². The summed E-state index contributed by atoms with van der Waals surface area (Å²) < 4.78 is 11.5. The summed E-state index contributed by atoms with van der Waals surface area (Å²) in [7, 11) is 0. The van der Waals surface area contributed by atoms with E-state index in [-0.39, 0.29) is 30.4 Å². The van der Waals surface area contributed by atoms with Crippen molar-refractivity contribution in [3.8, 4) is 0 Å². The van der Waals surface area contributed by atoms with E-state index < -0.39 is 17.2 Å². The lowest BCUT2D eigenvalue weighted by Gasteiger charge is -2.48. The largest absolute Gasteiger partial charge is 0.481 e. The molecule has 2 rings (SSSR count). The van der Waals surface area contributed by atoms with Crippen molar-refractivity contribution in [3.63, 3.8) is 0 Å². The highest BCUT2D eigenvalue weighted by molar-refractivity contribution is 5.71. The number of rotatable bonds is 5. The first kappa shape index (κ1) is 23.4. The molecule has 1 N–H and O–H groups in total. The molecule has 8 heteroatoms. The number of carboxylic acids is 1. The van der Waals surface area contributed by atoms with Gasteiger partial charge in [0.15, 0.2) is 6.54 Å². The van der Waals surface area contributed by atoms with E-state index in [1.165, 1.54) is 0 Å². The Morgan fingerprint density at radius 2 is 1.48 bits per heavy atom. The molecule has 2 saturated heterocycles. The molecule has 0 aliphatic carbocycles. The Balaban J connectivity index is 1.98. The third kappa shape index (κ3) is 7.17. The van der Waals surface area contributed by atoms with Crippen LogP contribution in [-0.4, -0.2) is 83.0 Å². The zero-order valence-electron chi connectivity index (χ0n) is 18.7. The summed E-state index contributed by atoms with van der Waals surface area (Å²) in [5.41, 5.74) is -1.07. The van der Waals surface area contributed by atoms with Crippen molar-refractivity contribution in [2.75, 3.05) is 39.3 Å². The first-order chi connectivity index (χ1) is 13.2. The normalized spacial score (nSPS) is 25.9. The highest BCUT2D eigenvalue weighted by Gasteiger charge is 2.44. The molecule has 0 spiro atoms. The summed E-state index contributed by atoms with van der Waals surface area (Å²) in [6.07, 6.45) is 0.804. The first-order valence-corrected chi connectivity index (χ1v) is 10.5. The van der Waals surface area contributed by atoms with Gasteiger partial charge in [-0.15, -0.1) is 0 Å². The van der Waals surface area contributed by atoms with Gasteiger partial charge in [0.1, 0.15) is 11.2 Å². The van der Waals surface area contributed by atoms with Crippen LogP contribution < -0.4 is 0 Å². The van der Waals surface area contributed by atoms with Crippen LogP contribution in [0.3, 0.4) is 0 Å². The number of quaternary nitrogens is 1. The lowest BCUT2D eigenvalue weighted by Crippen LogP contribution is -2.63. The van der Waals surface area contributed by atoms with Gasteiger partial charge in [-0.2, -0.15) is 0 Å². The summed E-state index contributed by atoms with van der Waals surface area (Å²) in [5.74, 6) is -1.10. The Labute approximate surface area is 173 Å². The Morgan fingerprint density at radius 1 is 0.966 bits per heavy atom. The highest BCUT2D eigenvalue weighted by atomic mass is 16.6. The second-order valence-electron chi connectivity index (χ2n) is 10.6. The minimum atomic E-state index is -0.764. The molecule has 29 heavy (non-hydrogen) atoms. The molecule has 0 bridgehead atoms. The molecule has 0 aromatic rings. The van der Waals surface area contributed by atoms with Gasteiger partial charge in [0.2, 0.25) is 0 Å². The van der Waals surface area contributed by atoms with Crippen LogP contribution in [0.25, 0.3) is 0 Å².